The monoisotopic (exact) mass is 407 g/mol. The highest BCUT2D eigenvalue weighted by molar-refractivity contribution is 6.42. The van der Waals surface area contributed by atoms with Gasteiger partial charge in [0.1, 0.15) is 5.02 Å². The van der Waals surface area contributed by atoms with Crippen LogP contribution < -0.4 is 15.6 Å². The van der Waals surface area contributed by atoms with E-state index >= 15 is 0 Å². The molecule has 0 spiro atoms. The Morgan fingerprint density at radius 2 is 1.67 bits per heavy atom. The summed E-state index contributed by atoms with van der Waals surface area (Å²) in [7, 11) is 0. The predicted molar refractivity (Wildman–Crippen MR) is 91.8 cm³/mol. The molecule has 0 atom stereocenters. The standard InChI is InChI=1S/C14H9Cl4N3O3/c15-8-3-1-7(2-4-8)13(23)21-20-11(22)6-24-14-10(17)5-9(16)12(18)19-14/h1-5H,6H2,(H,20,22)(H,21,23). The molecule has 1 aromatic carbocycles. The maximum atomic E-state index is 11.8. The van der Waals surface area contributed by atoms with Crippen LogP contribution >= 0.6 is 46.4 Å². The molecule has 10 heteroatoms. The van der Waals surface area contributed by atoms with Crippen molar-refractivity contribution in [1.82, 2.24) is 15.8 Å². The first kappa shape index (κ1) is 18.6. The minimum absolute atomic E-state index is 0.00693. The smallest absolute Gasteiger partial charge is 0.276 e. The Morgan fingerprint density at radius 1 is 1.00 bits per heavy atom. The second kappa shape index (κ2) is 8.39. The summed E-state index contributed by atoms with van der Waals surface area (Å²) >= 11 is 23.1. The van der Waals surface area contributed by atoms with Gasteiger partial charge in [0.15, 0.2) is 11.8 Å². The van der Waals surface area contributed by atoms with Gasteiger partial charge in [-0.25, -0.2) is 0 Å². The lowest BCUT2D eigenvalue weighted by molar-refractivity contribution is -0.123. The average Bonchev–Trinajstić information content (AvgIpc) is 2.55. The first-order chi connectivity index (χ1) is 11.4. The van der Waals surface area contributed by atoms with Crippen LogP contribution in [0.4, 0.5) is 0 Å². The lowest BCUT2D eigenvalue weighted by Crippen LogP contribution is -2.43. The number of halogens is 4. The van der Waals surface area contributed by atoms with E-state index in [9.17, 15) is 9.59 Å². The van der Waals surface area contributed by atoms with E-state index in [1.807, 2.05) is 0 Å². The third-order valence-corrected chi connectivity index (χ3v) is 3.81. The Kier molecular flexibility index (Phi) is 6.51. The van der Waals surface area contributed by atoms with Gasteiger partial charge in [0.05, 0.1) is 5.02 Å². The van der Waals surface area contributed by atoms with Crippen molar-refractivity contribution in [3.63, 3.8) is 0 Å². The van der Waals surface area contributed by atoms with Gasteiger partial charge in [-0.2, -0.15) is 4.98 Å². The molecule has 1 heterocycles. The summed E-state index contributed by atoms with van der Waals surface area (Å²) < 4.78 is 5.12. The molecule has 0 fully saturated rings. The molecule has 0 saturated carbocycles. The highest BCUT2D eigenvalue weighted by Crippen LogP contribution is 2.30. The predicted octanol–water partition coefficient (Wildman–Crippen LogP) is 3.54. The first-order valence-electron chi connectivity index (χ1n) is 6.36. The molecule has 0 aliphatic heterocycles. The van der Waals surface area contributed by atoms with Gasteiger partial charge in [-0.1, -0.05) is 46.4 Å². The summed E-state index contributed by atoms with van der Waals surface area (Å²) in [5, 5.41) is 0.749. The minimum Gasteiger partial charge on any atom is -0.466 e. The number of hydrazine groups is 1. The summed E-state index contributed by atoms with van der Waals surface area (Å²) in [6.45, 7) is -0.439. The number of aromatic nitrogens is 1. The maximum absolute atomic E-state index is 11.8. The highest BCUT2D eigenvalue weighted by atomic mass is 35.5. The van der Waals surface area contributed by atoms with Crippen molar-refractivity contribution in [3.05, 3.63) is 56.1 Å². The van der Waals surface area contributed by atoms with E-state index in [4.69, 9.17) is 51.1 Å². The third-order valence-electron chi connectivity index (χ3n) is 2.62. The molecule has 0 radical (unpaired) electrons. The second-order valence-corrected chi connectivity index (χ2v) is 5.95. The van der Waals surface area contributed by atoms with Crippen LogP contribution in [0.25, 0.3) is 0 Å². The number of hydrogen-bond acceptors (Lipinski definition) is 4. The number of carbonyl (C=O) groups excluding carboxylic acids is 2. The van der Waals surface area contributed by atoms with Crippen LogP contribution in [0.1, 0.15) is 10.4 Å². The number of pyridine rings is 1. The summed E-state index contributed by atoms with van der Waals surface area (Å²) in [4.78, 5) is 27.3. The van der Waals surface area contributed by atoms with E-state index in [1.165, 1.54) is 18.2 Å². The Bertz CT molecular complexity index is 769. The topological polar surface area (TPSA) is 80.3 Å². The number of nitrogens with zero attached hydrogens (tertiary/aromatic N) is 1. The van der Waals surface area contributed by atoms with Crippen LogP contribution in [-0.4, -0.2) is 23.4 Å². The van der Waals surface area contributed by atoms with Crippen LogP contribution in [0, 0.1) is 0 Å². The van der Waals surface area contributed by atoms with Gasteiger partial charge in [-0.15, -0.1) is 0 Å². The van der Waals surface area contributed by atoms with Gasteiger partial charge < -0.3 is 4.74 Å². The molecule has 0 unspecified atom stereocenters. The SMILES string of the molecule is O=C(COc1nc(Cl)c(Cl)cc1Cl)NNC(=O)c1ccc(Cl)cc1. The summed E-state index contributed by atoms with van der Waals surface area (Å²) in [6, 6.07) is 7.48. The molecule has 126 valence electrons. The van der Waals surface area contributed by atoms with Gasteiger partial charge in [0.25, 0.3) is 11.8 Å². The lowest BCUT2D eigenvalue weighted by atomic mass is 10.2. The number of hydrogen-bond donors (Lipinski definition) is 2. The van der Waals surface area contributed by atoms with Gasteiger partial charge in [0, 0.05) is 10.6 Å². The Balaban J connectivity index is 1.84. The second-order valence-electron chi connectivity index (χ2n) is 4.35. The lowest BCUT2D eigenvalue weighted by Gasteiger charge is -2.09. The van der Waals surface area contributed by atoms with Gasteiger partial charge in [-0.3, -0.25) is 20.4 Å². The molecule has 0 saturated heterocycles. The van der Waals surface area contributed by atoms with Gasteiger partial charge >= 0.3 is 0 Å². The fourth-order valence-electron chi connectivity index (χ4n) is 1.50. The average molecular weight is 409 g/mol. The van der Waals surface area contributed by atoms with Crippen LogP contribution in [0.15, 0.2) is 30.3 Å². The Labute approximate surface area is 157 Å². The molecule has 2 N–H and O–H groups in total. The minimum atomic E-state index is -0.624. The number of rotatable bonds is 4. The van der Waals surface area contributed by atoms with E-state index in [1.54, 1.807) is 12.1 Å². The number of amides is 2. The van der Waals surface area contributed by atoms with Crippen molar-refractivity contribution in [2.45, 2.75) is 0 Å². The normalized spacial score (nSPS) is 10.2. The fraction of sp³-hybridized carbons (Fsp3) is 0.0714. The number of nitrogens with one attached hydrogen (secondary N) is 2. The third kappa shape index (κ3) is 5.14. The Morgan fingerprint density at radius 3 is 2.33 bits per heavy atom. The molecule has 0 bridgehead atoms. The van der Waals surface area contributed by atoms with Crippen molar-refractivity contribution >= 4 is 58.2 Å². The zero-order valence-corrected chi connectivity index (χ0v) is 14.8. The van der Waals surface area contributed by atoms with Crippen LogP contribution in [0.5, 0.6) is 5.88 Å². The van der Waals surface area contributed by atoms with Crippen LogP contribution in [0.2, 0.25) is 20.2 Å². The van der Waals surface area contributed by atoms with Crippen molar-refractivity contribution in [1.29, 1.82) is 0 Å². The largest absolute Gasteiger partial charge is 0.466 e. The Hall–Kier alpha value is -1.73. The molecule has 2 rings (SSSR count). The van der Waals surface area contributed by atoms with Crippen molar-refractivity contribution < 1.29 is 14.3 Å². The first-order valence-corrected chi connectivity index (χ1v) is 7.87. The van der Waals surface area contributed by atoms with Crippen LogP contribution in [-0.2, 0) is 4.79 Å². The molecule has 24 heavy (non-hydrogen) atoms. The van der Waals surface area contributed by atoms with Crippen molar-refractivity contribution in [3.8, 4) is 5.88 Å². The van der Waals surface area contributed by atoms with Gasteiger partial charge in [-0.05, 0) is 30.3 Å². The number of carbonyl (C=O) groups is 2. The summed E-state index contributed by atoms with van der Waals surface area (Å²) in [5.41, 5.74) is 4.74. The van der Waals surface area contributed by atoms with Crippen LogP contribution in [0.3, 0.4) is 0 Å². The molecule has 6 nitrogen and oxygen atoms in total. The van der Waals surface area contributed by atoms with E-state index in [-0.39, 0.29) is 21.1 Å². The van der Waals surface area contributed by atoms with Gasteiger partial charge in [0.2, 0.25) is 5.88 Å². The van der Waals surface area contributed by atoms with E-state index in [0.717, 1.165) is 0 Å². The van der Waals surface area contributed by atoms with E-state index < -0.39 is 18.4 Å². The number of ether oxygens (including phenoxy) is 1. The molecule has 0 aliphatic carbocycles. The maximum Gasteiger partial charge on any atom is 0.276 e. The van der Waals surface area contributed by atoms with E-state index in [2.05, 4.69) is 15.8 Å². The molecular weight excluding hydrogens is 400 g/mol. The highest BCUT2D eigenvalue weighted by Gasteiger charge is 2.12. The molecule has 2 amide bonds. The van der Waals surface area contributed by atoms with E-state index in [0.29, 0.717) is 10.6 Å². The molecule has 0 aliphatic rings. The molecule has 1 aromatic heterocycles. The number of benzene rings is 1. The summed E-state index contributed by atoms with van der Waals surface area (Å²) in [6.07, 6.45) is 0. The fourth-order valence-corrected chi connectivity index (χ4v) is 2.17. The van der Waals surface area contributed by atoms with Crippen molar-refractivity contribution in [2.24, 2.45) is 0 Å². The zero-order chi connectivity index (χ0) is 17.7. The zero-order valence-electron chi connectivity index (χ0n) is 11.8. The molecule has 2 aromatic rings. The van der Waals surface area contributed by atoms with Crippen molar-refractivity contribution in [2.75, 3.05) is 6.61 Å². The molecular formula is C14H9Cl4N3O3. The quantitative estimate of drug-likeness (QED) is 0.598. The summed E-state index contributed by atoms with van der Waals surface area (Å²) in [5.74, 6) is -1.18.